The molecular formula is C14H15NO3S2. The summed E-state index contributed by atoms with van der Waals surface area (Å²) in [6.07, 6.45) is 0.512. The van der Waals surface area contributed by atoms with E-state index in [1.165, 1.54) is 11.3 Å². The third kappa shape index (κ3) is 2.45. The molecule has 1 aliphatic heterocycles. The molecule has 0 bridgehead atoms. The number of rotatable bonds is 2. The van der Waals surface area contributed by atoms with Crippen molar-refractivity contribution < 1.29 is 13.2 Å². The van der Waals surface area contributed by atoms with Gasteiger partial charge < -0.3 is 5.32 Å². The molecule has 2 heterocycles. The molecule has 0 radical (unpaired) electrons. The van der Waals surface area contributed by atoms with Crippen molar-refractivity contribution >= 4 is 37.2 Å². The first kappa shape index (κ1) is 13.6. The van der Waals surface area contributed by atoms with Crippen molar-refractivity contribution in [2.75, 3.05) is 11.5 Å². The third-order valence-corrected chi connectivity index (χ3v) is 6.66. The predicted octanol–water partition coefficient (Wildman–Crippen LogP) is 2.13. The fourth-order valence-electron chi connectivity index (χ4n) is 2.55. The lowest BCUT2D eigenvalue weighted by atomic mass is 10.1. The molecule has 1 unspecified atom stereocenters. The molecule has 1 amide bonds. The highest BCUT2D eigenvalue weighted by Crippen LogP contribution is 2.30. The van der Waals surface area contributed by atoms with Crippen molar-refractivity contribution in [3.63, 3.8) is 0 Å². The summed E-state index contributed by atoms with van der Waals surface area (Å²) < 4.78 is 23.9. The summed E-state index contributed by atoms with van der Waals surface area (Å²) in [5.41, 5.74) is 0.962. The Morgan fingerprint density at radius 1 is 1.35 bits per heavy atom. The van der Waals surface area contributed by atoms with Gasteiger partial charge in [-0.25, -0.2) is 8.42 Å². The zero-order valence-electron chi connectivity index (χ0n) is 11.0. The molecule has 1 aromatic carbocycles. The van der Waals surface area contributed by atoms with Crippen molar-refractivity contribution in [1.29, 1.82) is 0 Å². The zero-order chi connectivity index (χ0) is 14.3. The van der Waals surface area contributed by atoms with E-state index in [0.717, 1.165) is 15.6 Å². The lowest BCUT2D eigenvalue weighted by molar-refractivity contribution is 0.0945. The van der Waals surface area contributed by atoms with E-state index in [0.29, 0.717) is 11.3 Å². The Labute approximate surface area is 121 Å². The molecular weight excluding hydrogens is 294 g/mol. The minimum Gasteiger partial charge on any atom is -0.348 e. The Hall–Kier alpha value is -1.40. The topological polar surface area (TPSA) is 63.2 Å². The smallest absolute Gasteiger partial charge is 0.261 e. The van der Waals surface area contributed by atoms with Crippen LogP contribution in [0.25, 0.3) is 10.1 Å². The van der Waals surface area contributed by atoms with E-state index in [1.54, 1.807) is 0 Å². The number of sulfone groups is 1. The van der Waals surface area contributed by atoms with Gasteiger partial charge in [0.05, 0.1) is 16.4 Å². The maximum atomic E-state index is 12.3. The quantitative estimate of drug-likeness (QED) is 0.924. The number of carbonyl (C=O) groups excluding carboxylic acids is 1. The van der Waals surface area contributed by atoms with Crippen LogP contribution < -0.4 is 5.32 Å². The highest BCUT2D eigenvalue weighted by molar-refractivity contribution is 7.91. The minimum atomic E-state index is -2.97. The van der Waals surface area contributed by atoms with Gasteiger partial charge in [0, 0.05) is 10.7 Å². The molecule has 4 nitrogen and oxygen atoms in total. The second-order valence-corrected chi connectivity index (χ2v) is 8.41. The maximum Gasteiger partial charge on any atom is 0.261 e. The highest BCUT2D eigenvalue weighted by atomic mass is 32.2. The molecule has 106 valence electrons. The summed E-state index contributed by atoms with van der Waals surface area (Å²) in [5, 5.41) is 3.93. The van der Waals surface area contributed by atoms with Gasteiger partial charge in [-0.2, -0.15) is 0 Å². The average Bonchev–Trinajstić information content (AvgIpc) is 2.91. The van der Waals surface area contributed by atoms with Gasteiger partial charge in [-0.05, 0) is 30.4 Å². The van der Waals surface area contributed by atoms with Gasteiger partial charge in [-0.1, -0.05) is 18.2 Å². The van der Waals surface area contributed by atoms with Crippen LogP contribution in [0.2, 0.25) is 0 Å². The fourth-order valence-corrected chi connectivity index (χ4v) is 5.34. The molecule has 6 heteroatoms. The SMILES string of the molecule is Cc1c(C(=O)NC2CCS(=O)(=O)C2)sc2ccccc12. The number of hydrogen-bond acceptors (Lipinski definition) is 4. The van der Waals surface area contributed by atoms with Gasteiger partial charge in [-0.15, -0.1) is 11.3 Å². The Kier molecular flexibility index (Phi) is 3.30. The first-order valence-corrected chi connectivity index (χ1v) is 9.09. The number of benzene rings is 1. The van der Waals surface area contributed by atoms with Crippen LogP contribution in [0, 0.1) is 6.92 Å². The van der Waals surface area contributed by atoms with Crippen LogP contribution in [-0.2, 0) is 9.84 Å². The summed E-state index contributed by atoms with van der Waals surface area (Å²) in [6.45, 7) is 1.93. The third-order valence-electron chi connectivity index (χ3n) is 3.62. The van der Waals surface area contributed by atoms with E-state index in [9.17, 15) is 13.2 Å². The second-order valence-electron chi connectivity index (χ2n) is 5.13. The largest absolute Gasteiger partial charge is 0.348 e. The number of hydrogen-bond donors (Lipinski definition) is 1. The van der Waals surface area contributed by atoms with Crippen molar-refractivity contribution in [3.05, 3.63) is 34.7 Å². The van der Waals surface area contributed by atoms with E-state index in [-0.39, 0.29) is 23.5 Å². The Bertz CT molecular complexity index is 777. The van der Waals surface area contributed by atoms with Gasteiger partial charge in [0.25, 0.3) is 5.91 Å². The van der Waals surface area contributed by atoms with Gasteiger partial charge >= 0.3 is 0 Å². The number of thiophene rings is 1. The Morgan fingerprint density at radius 3 is 2.75 bits per heavy atom. The lowest BCUT2D eigenvalue weighted by Gasteiger charge is -2.10. The molecule has 0 spiro atoms. The Balaban J connectivity index is 1.84. The number of nitrogens with one attached hydrogen (secondary N) is 1. The molecule has 2 aromatic rings. The molecule has 0 saturated carbocycles. The van der Waals surface area contributed by atoms with E-state index in [4.69, 9.17) is 0 Å². The van der Waals surface area contributed by atoms with Crippen molar-refractivity contribution in [1.82, 2.24) is 5.32 Å². The van der Waals surface area contributed by atoms with Gasteiger partial charge in [0.1, 0.15) is 0 Å². The van der Waals surface area contributed by atoms with Crippen LogP contribution in [0.15, 0.2) is 24.3 Å². The zero-order valence-corrected chi connectivity index (χ0v) is 12.7. The van der Waals surface area contributed by atoms with E-state index >= 15 is 0 Å². The molecule has 1 fully saturated rings. The van der Waals surface area contributed by atoms with Crippen LogP contribution in [0.5, 0.6) is 0 Å². The first-order chi connectivity index (χ1) is 9.46. The van der Waals surface area contributed by atoms with Crippen LogP contribution in [0.3, 0.4) is 0 Å². The molecule has 0 aliphatic carbocycles. The van der Waals surface area contributed by atoms with Crippen LogP contribution >= 0.6 is 11.3 Å². The van der Waals surface area contributed by atoms with E-state index < -0.39 is 9.84 Å². The summed E-state index contributed by atoms with van der Waals surface area (Å²) in [4.78, 5) is 13.0. The van der Waals surface area contributed by atoms with E-state index in [2.05, 4.69) is 5.32 Å². The normalized spacial score (nSPS) is 21.1. The summed E-state index contributed by atoms with van der Waals surface area (Å²) >= 11 is 1.45. The van der Waals surface area contributed by atoms with Crippen LogP contribution in [0.4, 0.5) is 0 Å². The van der Waals surface area contributed by atoms with Crippen molar-refractivity contribution in [2.24, 2.45) is 0 Å². The first-order valence-electron chi connectivity index (χ1n) is 6.46. The average molecular weight is 309 g/mol. The van der Waals surface area contributed by atoms with Crippen molar-refractivity contribution in [3.8, 4) is 0 Å². The summed E-state index contributed by atoms with van der Waals surface area (Å²) in [7, 11) is -2.97. The van der Waals surface area contributed by atoms with Gasteiger partial charge in [0.15, 0.2) is 9.84 Å². The number of aryl methyl sites for hydroxylation is 1. The van der Waals surface area contributed by atoms with Gasteiger partial charge in [-0.3, -0.25) is 4.79 Å². The standard InChI is InChI=1S/C14H15NO3S2/c1-9-11-4-2-3-5-12(11)19-13(9)14(16)15-10-6-7-20(17,18)8-10/h2-5,10H,6-8H2,1H3,(H,15,16). The molecule has 1 aliphatic rings. The Morgan fingerprint density at radius 2 is 2.10 bits per heavy atom. The second kappa shape index (κ2) is 4.86. The lowest BCUT2D eigenvalue weighted by Crippen LogP contribution is -2.35. The summed E-state index contributed by atoms with van der Waals surface area (Å²) in [6, 6.07) is 7.63. The fraction of sp³-hybridized carbons (Fsp3) is 0.357. The molecule has 1 saturated heterocycles. The molecule has 20 heavy (non-hydrogen) atoms. The molecule has 1 atom stereocenters. The summed E-state index contributed by atoms with van der Waals surface area (Å²) in [5.74, 6) is 0.0669. The molecule has 1 N–H and O–H groups in total. The number of fused-ring (bicyclic) bond motifs is 1. The number of carbonyl (C=O) groups is 1. The van der Waals surface area contributed by atoms with E-state index in [1.807, 2.05) is 31.2 Å². The van der Waals surface area contributed by atoms with Gasteiger partial charge in [0.2, 0.25) is 0 Å². The minimum absolute atomic E-state index is 0.0582. The molecule has 3 rings (SSSR count). The monoisotopic (exact) mass is 309 g/mol. The maximum absolute atomic E-state index is 12.3. The predicted molar refractivity (Wildman–Crippen MR) is 81.1 cm³/mol. The highest BCUT2D eigenvalue weighted by Gasteiger charge is 2.29. The molecule has 1 aromatic heterocycles. The van der Waals surface area contributed by atoms with Crippen LogP contribution in [-0.4, -0.2) is 31.9 Å². The van der Waals surface area contributed by atoms with Crippen molar-refractivity contribution in [2.45, 2.75) is 19.4 Å². The van der Waals surface area contributed by atoms with Crippen LogP contribution in [0.1, 0.15) is 21.7 Å². The number of amides is 1.